The molecule has 0 unspecified atom stereocenters. The molecule has 4 heteroatoms. The second-order valence-electron chi connectivity index (χ2n) is 8.66. The van der Waals surface area contributed by atoms with Gasteiger partial charge in [0.05, 0.1) is 12.4 Å². The van der Waals surface area contributed by atoms with Crippen molar-refractivity contribution in [2.24, 2.45) is 10.2 Å². The van der Waals surface area contributed by atoms with Crippen molar-refractivity contribution in [2.75, 3.05) is 23.9 Å². The molecule has 0 aromatic heterocycles. The Morgan fingerprint density at radius 3 is 1.36 bits per heavy atom. The highest BCUT2D eigenvalue weighted by atomic mass is 15.2. The van der Waals surface area contributed by atoms with E-state index in [-0.39, 0.29) is 10.8 Å². The first-order valence-electron chi connectivity index (χ1n) is 9.74. The minimum absolute atomic E-state index is 0.0861. The molecule has 2 aliphatic heterocycles. The Morgan fingerprint density at radius 2 is 1.00 bits per heavy atom. The first-order valence-corrected chi connectivity index (χ1v) is 9.74. The van der Waals surface area contributed by atoms with Crippen LogP contribution in [0.2, 0.25) is 0 Å². The number of fused-ring (bicyclic) bond motifs is 2. The quantitative estimate of drug-likeness (QED) is 0.608. The van der Waals surface area contributed by atoms with E-state index in [0.29, 0.717) is 0 Å². The fourth-order valence-corrected chi connectivity index (χ4v) is 4.64. The average molecular weight is 373 g/mol. The van der Waals surface area contributed by atoms with Gasteiger partial charge in [-0.15, -0.1) is 0 Å². The molecular formula is C24H28N4. The summed E-state index contributed by atoms with van der Waals surface area (Å²) >= 11 is 0. The largest absolute Gasteiger partial charge is 0.346 e. The number of benzene rings is 2. The number of hydrogen-bond donors (Lipinski definition) is 0. The fourth-order valence-electron chi connectivity index (χ4n) is 4.64. The summed E-state index contributed by atoms with van der Waals surface area (Å²) in [5.74, 6) is 0. The predicted molar refractivity (Wildman–Crippen MR) is 117 cm³/mol. The molecule has 2 aliphatic rings. The van der Waals surface area contributed by atoms with Crippen LogP contribution in [-0.4, -0.2) is 14.1 Å². The molecule has 2 heterocycles. The van der Waals surface area contributed by atoms with Crippen molar-refractivity contribution in [2.45, 2.75) is 38.5 Å². The molecule has 0 bridgehead atoms. The van der Waals surface area contributed by atoms with E-state index in [9.17, 15) is 0 Å². The number of para-hydroxylation sites is 2. The van der Waals surface area contributed by atoms with E-state index in [2.05, 4.69) is 110 Å². The van der Waals surface area contributed by atoms with E-state index in [1.807, 2.05) is 12.4 Å². The molecule has 2 aromatic rings. The maximum Gasteiger partial charge on any atom is 0.0699 e. The molecule has 2 aromatic carbocycles. The van der Waals surface area contributed by atoms with Crippen molar-refractivity contribution in [1.82, 2.24) is 0 Å². The van der Waals surface area contributed by atoms with Gasteiger partial charge in [-0.2, -0.15) is 10.2 Å². The summed E-state index contributed by atoms with van der Waals surface area (Å²) in [6, 6.07) is 17.1. The third-order valence-corrected chi connectivity index (χ3v) is 6.31. The van der Waals surface area contributed by atoms with E-state index < -0.39 is 0 Å². The SMILES string of the molecule is CN1C(=CN=NC=C2N(C)c3ccccc3C2(C)C)C(C)(C)c2ccccc21. The number of rotatable bonds is 2. The highest BCUT2D eigenvalue weighted by Gasteiger charge is 2.39. The van der Waals surface area contributed by atoms with Crippen molar-refractivity contribution in [3.05, 3.63) is 83.5 Å². The number of nitrogens with zero attached hydrogens (tertiary/aromatic N) is 4. The van der Waals surface area contributed by atoms with Crippen molar-refractivity contribution >= 4 is 11.4 Å². The summed E-state index contributed by atoms with van der Waals surface area (Å²) in [5.41, 5.74) is 7.25. The van der Waals surface area contributed by atoms with E-state index in [1.165, 1.54) is 22.5 Å². The highest BCUT2D eigenvalue weighted by molar-refractivity contribution is 5.70. The summed E-state index contributed by atoms with van der Waals surface area (Å²) in [5, 5.41) is 8.85. The van der Waals surface area contributed by atoms with Gasteiger partial charge in [0, 0.05) is 47.7 Å². The molecule has 28 heavy (non-hydrogen) atoms. The Labute approximate surface area is 167 Å². The standard InChI is InChI=1S/C24H28N4/c1-23(2)17-11-7-9-13-19(17)27(5)21(23)15-25-26-16-22-24(3,4)18-12-8-10-14-20(18)28(22)6/h7-16H,1-6H3. The van der Waals surface area contributed by atoms with Crippen LogP contribution in [0.3, 0.4) is 0 Å². The fraction of sp³-hybridized carbons (Fsp3) is 0.333. The van der Waals surface area contributed by atoms with E-state index >= 15 is 0 Å². The van der Waals surface area contributed by atoms with Crippen LogP contribution in [-0.2, 0) is 10.8 Å². The lowest BCUT2D eigenvalue weighted by atomic mass is 9.84. The topological polar surface area (TPSA) is 31.2 Å². The van der Waals surface area contributed by atoms with Crippen LogP contribution in [0.15, 0.2) is 82.6 Å². The van der Waals surface area contributed by atoms with Gasteiger partial charge in [-0.3, -0.25) is 0 Å². The van der Waals surface area contributed by atoms with Crippen molar-refractivity contribution in [3.8, 4) is 0 Å². The lowest BCUT2D eigenvalue weighted by Crippen LogP contribution is -2.22. The second-order valence-corrected chi connectivity index (χ2v) is 8.66. The molecule has 0 N–H and O–H groups in total. The summed E-state index contributed by atoms with van der Waals surface area (Å²) < 4.78 is 0. The molecule has 0 radical (unpaired) electrons. The van der Waals surface area contributed by atoms with E-state index in [1.54, 1.807) is 0 Å². The van der Waals surface area contributed by atoms with Crippen molar-refractivity contribution in [3.63, 3.8) is 0 Å². The molecule has 0 saturated carbocycles. The normalized spacial score (nSPS) is 22.4. The molecule has 0 aliphatic carbocycles. The van der Waals surface area contributed by atoms with Gasteiger partial charge in [0.1, 0.15) is 0 Å². The van der Waals surface area contributed by atoms with E-state index in [0.717, 1.165) is 11.4 Å². The summed E-state index contributed by atoms with van der Waals surface area (Å²) in [6.07, 6.45) is 3.79. The summed E-state index contributed by atoms with van der Waals surface area (Å²) in [7, 11) is 4.19. The minimum Gasteiger partial charge on any atom is -0.346 e. The molecule has 0 spiro atoms. The molecule has 144 valence electrons. The molecule has 4 nitrogen and oxygen atoms in total. The maximum atomic E-state index is 4.43. The summed E-state index contributed by atoms with van der Waals surface area (Å²) in [6.45, 7) is 8.94. The maximum absolute atomic E-state index is 4.43. The zero-order chi connectivity index (χ0) is 20.1. The van der Waals surface area contributed by atoms with Crippen LogP contribution in [0.25, 0.3) is 0 Å². The monoisotopic (exact) mass is 372 g/mol. The molecular weight excluding hydrogens is 344 g/mol. The van der Waals surface area contributed by atoms with Gasteiger partial charge >= 0.3 is 0 Å². The van der Waals surface area contributed by atoms with Crippen LogP contribution >= 0.6 is 0 Å². The molecule has 4 rings (SSSR count). The smallest absolute Gasteiger partial charge is 0.0699 e. The number of likely N-dealkylation sites (N-methyl/N-ethyl adjacent to an activating group) is 2. The van der Waals surface area contributed by atoms with Gasteiger partial charge in [-0.1, -0.05) is 64.1 Å². The van der Waals surface area contributed by atoms with Gasteiger partial charge in [0.25, 0.3) is 0 Å². The first kappa shape index (κ1) is 18.5. The predicted octanol–water partition coefficient (Wildman–Crippen LogP) is 5.98. The number of hydrogen-bond acceptors (Lipinski definition) is 4. The molecule has 0 atom stereocenters. The third kappa shape index (κ3) is 2.59. The zero-order valence-corrected chi connectivity index (χ0v) is 17.6. The van der Waals surface area contributed by atoms with Gasteiger partial charge in [-0.25, -0.2) is 0 Å². The molecule has 0 fully saturated rings. The van der Waals surface area contributed by atoms with Crippen LogP contribution in [0.5, 0.6) is 0 Å². The molecule has 0 amide bonds. The van der Waals surface area contributed by atoms with Crippen molar-refractivity contribution < 1.29 is 0 Å². The van der Waals surface area contributed by atoms with E-state index in [4.69, 9.17) is 0 Å². The second kappa shape index (κ2) is 6.33. The van der Waals surface area contributed by atoms with Crippen LogP contribution < -0.4 is 9.80 Å². The molecule has 0 saturated heterocycles. The average Bonchev–Trinajstić information content (AvgIpc) is 2.99. The Balaban J connectivity index is 1.63. The third-order valence-electron chi connectivity index (χ3n) is 6.31. The lowest BCUT2D eigenvalue weighted by molar-refractivity contribution is 0.634. The van der Waals surface area contributed by atoms with Gasteiger partial charge < -0.3 is 9.80 Å². The number of anilines is 2. The minimum atomic E-state index is -0.0861. The first-order chi connectivity index (χ1) is 13.3. The van der Waals surface area contributed by atoms with Gasteiger partial charge in [0.2, 0.25) is 0 Å². The highest BCUT2D eigenvalue weighted by Crippen LogP contribution is 2.47. The Hall–Kier alpha value is -2.88. The van der Waals surface area contributed by atoms with Crippen LogP contribution in [0.1, 0.15) is 38.8 Å². The van der Waals surface area contributed by atoms with Gasteiger partial charge in [-0.05, 0) is 23.3 Å². The van der Waals surface area contributed by atoms with Crippen molar-refractivity contribution in [1.29, 1.82) is 0 Å². The number of azo groups is 1. The Kier molecular flexibility index (Phi) is 4.18. The zero-order valence-electron chi connectivity index (χ0n) is 17.6. The Morgan fingerprint density at radius 1 is 0.643 bits per heavy atom. The Bertz CT molecular complexity index is 929. The van der Waals surface area contributed by atoms with Crippen LogP contribution in [0.4, 0.5) is 11.4 Å². The van der Waals surface area contributed by atoms with Crippen LogP contribution in [0, 0.1) is 0 Å². The lowest BCUT2D eigenvalue weighted by Gasteiger charge is -2.23. The summed E-state index contributed by atoms with van der Waals surface area (Å²) in [4.78, 5) is 4.42. The number of allylic oxidation sites excluding steroid dienone is 2. The van der Waals surface area contributed by atoms with Gasteiger partial charge in [0.15, 0.2) is 0 Å².